The number of hydrogen-bond donors (Lipinski definition) is 1. The Kier molecular flexibility index (Phi) is 4.32. The number of halogens is 1. The molecule has 1 aromatic heterocycles. The molecular weight excluding hydrogens is 241 g/mol. The Hall–Kier alpha value is -1.68. The number of aromatic nitrogens is 2. The molecule has 0 aliphatic carbocycles. The van der Waals surface area contributed by atoms with Gasteiger partial charge >= 0.3 is 0 Å². The molecule has 0 unspecified atom stereocenters. The van der Waals surface area contributed by atoms with Gasteiger partial charge in [-0.1, -0.05) is 12.1 Å². The van der Waals surface area contributed by atoms with Crippen molar-refractivity contribution in [3.8, 4) is 0 Å². The summed E-state index contributed by atoms with van der Waals surface area (Å²) in [6.45, 7) is 6.97. The molecule has 1 aromatic carbocycles. The van der Waals surface area contributed by atoms with Crippen molar-refractivity contribution in [1.82, 2.24) is 15.1 Å². The first-order valence-corrected chi connectivity index (χ1v) is 6.59. The first-order valence-electron chi connectivity index (χ1n) is 6.59. The molecule has 1 heterocycles. The largest absolute Gasteiger partial charge is 0.304 e. The lowest BCUT2D eigenvalue weighted by Gasteiger charge is -2.13. The van der Waals surface area contributed by atoms with Crippen LogP contribution in [0.1, 0.15) is 44.1 Å². The fraction of sp³-hybridized carbons (Fsp3) is 0.400. The topological polar surface area (TPSA) is 29.9 Å². The van der Waals surface area contributed by atoms with Crippen LogP contribution in [0.5, 0.6) is 0 Å². The zero-order chi connectivity index (χ0) is 13.8. The lowest BCUT2D eigenvalue weighted by Crippen LogP contribution is -2.18. The first-order chi connectivity index (χ1) is 9.06. The average molecular weight is 261 g/mol. The van der Waals surface area contributed by atoms with E-state index < -0.39 is 0 Å². The van der Waals surface area contributed by atoms with E-state index in [9.17, 15) is 4.39 Å². The number of rotatable bonds is 5. The van der Waals surface area contributed by atoms with Gasteiger partial charge < -0.3 is 5.32 Å². The molecule has 1 atom stereocenters. The van der Waals surface area contributed by atoms with Crippen LogP contribution < -0.4 is 5.32 Å². The third-order valence-corrected chi connectivity index (χ3v) is 3.15. The predicted molar refractivity (Wildman–Crippen MR) is 74.3 cm³/mol. The molecule has 0 amide bonds. The van der Waals surface area contributed by atoms with Crippen molar-refractivity contribution in [1.29, 1.82) is 0 Å². The van der Waals surface area contributed by atoms with Gasteiger partial charge in [0.25, 0.3) is 0 Å². The summed E-state index contributed by atoms with van der Waals surface area (Å²) in [5.41, 5.74) is 2.09. The van der Waals surface area contributed by atoms with Crippen LogP contribution in [0.4, 0.5) is 4.39 Å². The molecule has 19 heavy (non-hydrogen) atoms. The van der Waals surface area contributed by atoms with Crippen LogP contribution in [0.2, 0.25) is 0 Å². The summed E-state index contributed by atoms with van der Waals surface area (Å²) in [7, 11) is 0. The smallest absolute Gasteiger partial charge is 0.123 e. The minimum atomic E-state index is -0.202. The van der Waals surface area contributed by atoms with Crippen molar-refractivity contribution in [3.63, 3.8) is 0 Å². The molecule has 0 saturated carbocycles. The minimum Gasteiger partial charge on any atom is -0.304 e. The highest BCUT2D eigenvalue weighted by Gasteiger charge is 2.07. The van der Waals surface area contributed by atoms with Crippen LogP contribution in [0.3, 0.4) is 0 Å². The monoisotopic (exact) mass is 261 g/mol. The average Bonchev–Trinajstić information content (AvgIpc) is 2.86. The van der Waals surface area contributed by atoms with Crippen molar-refractivity contribution in [2.24, 2.45) is 0 Å². The maximum atomic E-state index is 12.8. The highest BCUT2D eigenvalue weighted by Crippen LogP contribution is 2.13. The van der Waals surface area contributed by atoms with Gasteiger partial charge in [-0.2, -0.15) is 5.10 Å². The van der Waals surface area contributed by atoms with E-state index in [2.05, 4.69) is 31.2 Å². The van der Waals surface area contributed by atoms with Gasteiger partial charge in [0.1, 0.15) is 5.82 Å². The molecule has 0 saturated heterocycles. The molecule has 0 aliphatic rings. The van der Waals surface area contributed by atoms with Crippen LogP contribution in [-0.4, -0.2) is 9.78 Å². The van der Waals surface area contributed by atoms with Gasteiger partial charge in [-0.3, -0.25) is 4.68 Å². The molecular formula is C15H20FN3. The molecule has 102 valence electrons. The van der Waals surface area contributed by atoms with E-state index in [1.165, 1.54) is 12.1 Å². The summed E-state index contributed by atoms with van der Waals surface area (Å²) in [6, 6.07) is 9.15. The summed E-state index contributed by atoms with van der Waals surface area (Å²) in [5, 5.41) is 7.87. The Morgan fingerprint density at radius 3 is 2.42 bits per heavy atom. The Balaban J connectivity index is 1.92. The summed E-state index contributed by atoms with van der Waals surface area (Å²) in [4.78, 5) is 0. The molecule has 3 nitrogen and oxygen atoms in total. The van der Waals surface area contributed by atoms with E-state index in [-0.39, 0.29) is 11.9 Å². The van der Waals surface area contributed by atoms with Gasteiger partial charge in [-0.05, 0) is 44.5 Å². The second kappa shape index (κ2) is 5.97. The predicted octanol–water partition coefficient (Wildman–Crippen LogP) is 3.45. The summed E-state index contributed by atoms with van der Waals surface area (Å²) in [6.07, 6.45) is 1.99. The fourth-order valence-corrected chi connectivity index (χ4v) is 1.89. The first kappa shape index (κ1) is 13.7. The summed E-state index contributed by atoms with van der Waals surface area (Å²) < 4.78 is 14.8. The Labute approximate surface area is 113 Å². The van der Waals surface area contributed by atoms with Crippen molar-refractivity contribution in [2.45, 2.75) is 39.4 Å². The van der Waals surface area contributed by atoms with Gasteiger partial charge in [-0.15, -0.1) is 0 Å². The van der Waals surface area contributed by atoms with Crippen molar-refractivity contribution >= 4 is 0 Å². The molecule has 0 radical (unpaired) electrons. The molecule has 2 aromatic rings. The number of benzene rings is 1. The van der Waals surface area contributed by atoms with Crippen LogP contribution >= 0.6 is 0 Å². The zero-order valence-electron chi connectivity index (χ0n) is 11.6. The lowest BCUT2D eigenvalue weighted by atomic mass is 10.1. The van der Waals surface area contributed by atoms with E-state index in [0.29, 0.717) is 12.6 Å². The van der Waals surface area contributed by atoms with Gasteiger partial charge in [0.05, 0.1) is 5.69 Å². The highest BCUT2D eigenvalue weighted by molar-refractivity contribution is 5.19. The SMILES string of the molecule is CC(C)n1ccc(CN[C@H](C)c2ccc(F)cc2)n1. The Morgan fingerprint density at radius 2 is 1.84 bits per heavy atom. The molecule has 0 spiro atoms. The summed E-state index contributed by atoms with van der Waals surface area (Å²) in [5.74, 6) is -0.202. The maximum absolute atomic E-state index is 12.8. The number of nitrogens with one attached hydrogen (secondary N) is 1. The zero-order valence-corrected chi connectivity index (χ0v) is 11.6. The van der Waals surface area contributed by atoms with Crippen LogP contribution in [0, 0.1) is 5.82 Å². The number of nitrogens with zero attached hydrogens (tertiary/aromatic N) is 2. The Morgan fingerprint density at radius 1 is 1.16 bits per heavy atom. The highest BCUT2D eigenvalue weighted by atomic mass is 19.1. The van der Waals surface area contributed by atoms with Gasteiger partial charge in [0, 0.05) is 24.8 Å². The molecule has 0 fully saturated rings. The van der Waals surface area contributed by atoms with Crippen molar-refractivity contribution in [2.75, 3.05) is 0 Å². The van der Waals surface area contributed by atoms with E-state index in [1.807, 2.05) is 16.9 Å². The molecule has 4 heteroatoms. The third-order valence-electron chi connectivity index (χ3n) is 3.15. The minimum absolute atomic E-state index is 0.171. The van der Waals surface area contributed by atoms with Gasteiger partial charge in [-0.25, -0.2) is 4.39 Å². The Bertz CT molecular complexity index is 516. The normalized spacial score (nSPS) is 12.9. The summed E-state index contributed by atoms with van der Waals surface area (Å²) >= 11 is 0. The van der Waals surface area contributed by atoms with E-state index >= 15 is 0 Å². The van der Waals surface area contributed by atoms with E-state index in [1.54, 1.807) is 12.1 Å². The molecule has 2 rings (SSSR count). The fourth-order valence-electron chi connectivity index (χ4n) is 1.89. The van der Waals surface area contributed by atoms with Gasteiger partial charge in [0.2, 0.25) is 0 Å². The quantitative estimate of drug-likeness (QED) is 0.893. The number of hydrogen-bond acceptors (Lipinski definition) is 2. The van der Waals surface area contributed by atoms with E-state index in [0.717, 1.165) is 11.3 Å². The van der Waals surface area contributed by atoms with Crippen LogP contribution in [0.15, 0.2) is 36.5 Å². The second-order valence-corrected chi connectivity index (χ2v) is 5.03. The van der Waals surface area contributed by atoms with Crippen molar-refractivity contribution < 1.29 is 4.39 Å². The molecule has 0 aliphatic heterocycles. The molecule has 1 N–H and O–H groups in total. The van der Waals surface area contributed by atoms with Gasteiger partial charge in [0.15, 0.2) is 0 Å². The standard InChI is InChI=1S/C15H20FN3/c1-11(2)19-9-8-15(18-19)10-17-12(3)13-4-6-14(16)7-5-13/h4-9,11-12,17H,10H2,1-3H3/t12-/m1/s1. The lowest BCUT2D eigenvalue weighted by molar-refractivity contribution is 0.512. The van der Waals surface area contributed by atoms with Crippen LogP contribution in [0.25, 0.3) is 0 Å². The van der Waals surface area contributed by atoms with Crippen LogP contribution in [-0.2, 0) is 6.54 Å². The third kappa shape index (κ3) is 3.64. The second-order valence-electron chi connectivity index (χ2n) is 5.03. The maximum Gasteiger partial charge on any atom is 0.123 e. The van der Waals surface area contributed by atoms with Crippen molar-refractivity contribution in [3.05, 3.63) is 53.6 Å². The molecule has 0 bridgehead atoms. The van der Waals surface area contributed by atoms with E-state index in [4.69, 9.17) is 0 Å².